The van der Waals surface area contributed by atoms with Crippen LogP contribution in [0, 0.1) is 11.3 Å². The third kappa shape index (κ3) is 2.74. The Morgan fingerprint density at radius 1 is 1.70 bits per heavy atom. The molecule has 0 amide bonds. The molecule has 1 unspecified atom stereocenters. The summed E-state index contributed by atoms with van der Waals surface area (Å²) >= 11 is 16.2. The summed E-state index contributed by atoms with van der Waals surface area (Å²) in [4.78, 5) is 9.87. The van der Waals surface area contributed by atoms with Crippen LogP contribution < -0.4 is 0 Å². The third-order valence-corrected chi connectivity index (χ3v) is 2.27. The highest BCUT2D eigenvalue weighted by molar-refractivity contribution is 6.54. The van der Waals surface area contributed by atoms with Crippen LogP contribution in [0.15, 0.2) is 0 Å². The number of nitriles is 1. The molecule has 56 valence electrons. The number of halogens is 3. The average Bonchev–Trinajstić information content (AvgIpc) is 1.89. The van der Waals surface area contributed by atoms with Crippen molar-refractivity contribution < 1.29 is 4.79 Å². The molecule has 0 aromatic carbocycles. The van der Waals surface area contributed by atoms with Gasteiger partial charge in [0.2, 0.25) is 4.33 Å². The topological polar surface area (TPSA) is 40.9 Å². The predicted octanol–water partition coefficient (Wildman–Crippen LogP) is 1.88. The third-order valence-electron chi connectivity index (χ3n) is 0.846. The van der Waals surface area contributed by atoms with Crippen LogP contribution in [0.25, 0.3) is 0 Å². The second-order valence-corrected chi connectivity index (χ2v) is 3.52. The number of hydrogen-bond acceptors (Lipinski definition) is 2. The maximum atomic E-state index is 9.87. The van der Waals surface area contributed by atoms with Crippen LogP contribution in [-0.4, -0.2) is 16.0 Å². The zero-order valence-electron chi connectivity index (χ0n) is 4.85. The van der Waals surface area contributed by atoms with Crippen LogP contribution in [0.2, 0.25) is 0 Å². The lowest BCUT2D eigenvalue weighted by atomic mass is 10.2. The van der Waals surface area contributed by atoms with Crippen LogP contribution in [0.4, 0.5) is 0 Å². The summed E-state index contributed by atoms with van der Waals surface area (Å²) < 4.78 is -1.66. The van der Waals surface area contributed by atoms with Gasteiger partial charge in [-0.1, -0.05) is 23.2 Å². The summed E-state index contributed by atoms with van der Waals surface area (Å²) in [6.07, 6.45) is 0.538. The van der Waals surface area contributed by atoms with Crippen molar-refractivity contribution in [2.75, 3.05) is 0 Å². The number of nitrogens with zero attached hydrogens (tertiary/aromatic N) is 1. The van der Waals surface area contributed by atoms with Gasteiger partial charge in [0.15, 0.2) is 0 Å². The van der Waals surface area contributed by atoms with Crippen LogP contribution in [0.3, 0.4) is 0 Å². The Hall–Kier alpha value is 0.0300. The smallest absolute Gasteiger partial charge is 0.219 e. The molecule has 0 rings (SSSR count). The van der Waals surface area contributed by atoms with Crippen molar-refractivity contribution in [1.82, 2.24) is 0 Å². The lowest BCUT2D eigenvalue weighted by Crippen LogP contribution is -2.24. The zero-order chi connectivity index (χ0) is 8.20. The molecule has 0 saturated carbocycles. The van der Waals surface area contributed by atoms with E-state index in [0.717, 1.165) is 0 Å². The Morgan fingerprint density at radius 3 is 2.50 bits per heavy atom. The summed E-state index contributed by atoms with van der Waals surface area (Å²) in [6, 6.07) is 1.57. The molecule has 0 heterocycles. The molecule has 0 aromatic rings. The monoisotopic (exact) mass is 199 g/mol. The number of hydrogen-bond donors (Lipinski definition) is 0. The van der Waals surface area contributed by atoms with E-state index in [1.165, 1.54) is 0 Å². The summed E-state index contributed by atoms with van der Waals surface area (Å²) in [5.74, 6) is 0. The fraction of sp³-hybridized carbons (Fsp3) is 0.600. The van der Waals surface area contributed by atoms with E-state index in [2.05, 4.69) is 0 Å². The van der Waals surface area contributed by atoms with Gasteiger partial charge in [-0.2, -0.15) is 5.26 Å². The highest BCUT2D eigenvalue weighted by Crippen LogP contribution is 2.29. The van der Waals surface area contributed by atoms with Crippen molar-refractivity contribution in [3.63, 3.8) is 0 Å². The minimum atomic E-state index is -1.66. The first-order chi connectivity index (χ1) is 4.54. The standard InChI is InChI=1S/C5H4Cl3NO/c6-4(1-2-10)5(7,8)3-9/h2,4H,1H2. The molecule has 1 atom stereocenters. The van der Waals surface area contributed by atoms with Crippen molar-refractivity contribution in [1.29, 1.82) is 5.26 Å². The first-order valence-electron chi connectivity index (χ1n) is 2.41. The van der Waals surface area contributed by atoms with Gasteiger partial charge in [0.25, 0.3) is 0 Å². The molecule has 10 heavy (non-hydrogen) atoms. The van der Waals surface area contributed by atoms with Gasteiger partial charge >= 0.3 is 0 Å². The van der Waals surface area contributed by atoms with Crippen molar-refractivity contribution in [2.45, 2.75) is 16.1 Å². The minimum Gasteiger partial charge on any atom is -0.303 e. The fourth-order valence-electron chi connectivity index (χ4n) is 0.303. The lowest BCUT2D eigenvalue weighted by molar-refractivity contribution is -0.107. The molecule has 5 heteroatoms. The highest BCUT2D eigenvalue weighted by atomic mass is 35.5. The van der Waals surface area contributed by atoms with E-state index in [1.54, 1.807) is 6.07 Å². The number of carbonyl (C=O) groups excluding carboxylic acids is 1. The largest absolute Gasteiger partial charge is 0.303 e. The molecule has 0 aliphatic heterocycles. The Kier molecular flexibility index (Phi) is 4.04. The summed E-state index contributed by atoms with van der Waals surface area (Å²) in [7, 11) is 0. The van der Waals surface area contributed by atoms with Gasteiger partial charge in [0.05, 0.1) is 5.38 Å². The van der Waals surface area contributed by atoms with Gasteiger partial charge in [-0.25, -0.2) is 0 Å². The molecule has 0 radical (unpaired) electrons. The summed E-state index contributed by atoms with van der Waals surface area (Å²) in [5.41, 5.74) is 0. The SMILES string of the molecule is N#CC(Cl)(Cl)C(Cl)CC=O. The Balaban J connectivity index is 4.06. The Morgan fingerprint density at radius 2 is 2.20 bits per heavy atom. The number of alkyl halides is 3. The van der Waals surface area contributed by atoms with Crippen LogP contribution in [0.5, 0.6) is 0 Å². The zero-order valence-corrected chi connectivity index (χ0v) is 7.12. The molecule has 0 aliphatic rings. The van der Waals surface area contributed by atoms with E-state index >= 15 is 0 Å². The number of rotatable bonds is 3. The van der Waals surface area contributed by atoms with E-state index < -0.39 is 9.71 Å². The van der Waals surface area contributed by atoms with Crippen molar-refractivity contribution >= 4 is 41.1 Å². The van der Waals surface area contributed by atoms with Crippen LogP contribution in [0.1, 0.15) is 6.42 Å². The minimum absolute atomic E-state index is 0.0257. The number of carbonyl (C=O) groups is 1. The fourth-order valence-corrected chi connectivity index (χ4v) is 0.602. The Labute approximate surface area is 73.7 Å². The maximum absolute atomic E-state index is 9.87. The van der Waals surface area contributed by atoms with Gasteiger partial charge in [0, 0.05) is 6.42 Å². The molecular weight excluding hydrogens is 196 g/mol. The first-order valence-corrected chi connectivity index (χ1v) is 3.60. The molecule has 0 aromatic heterocycles. The maximum Gasteiger partial charge on any atom is 0.219 e. The van der Waals surface area contributed by atoms with Gasteiger partial charge in [-0.05, 0) is 0 Å². The van der Waals surface area contributed by atoms with E-state index in [1.807, 2.05) is 0 Å². The second kappa shape index (κ2) is 4.02. The average molecular weight is 200 g/mol. The second-order valence-electron chi connectivity index (χ2n) is 1.60. The Bertz CT molecular complexity index is 163. The first kappa shape index (κ1) is 10.0. The molecule has 2 nitrogen and oxygen atoms in total. The van der Waals surface area contributed by atoms with Gasteiger partial charge in [-0.3, -0.25) is 0 Å². The van der Waals surface area contributed by atoms with E-state index in [9.17, 15) is 4.79 Å². The van der Waals surface area contributed by atoms with E-state index in [-0.39, 0.29) is 6.42 Å². The summed E-state index contributed by atoms with van der Waals surface area (Å²) in [5, 5.41) is 7.43. The van der Waals surface area contributed by atoms with Crippen molar-refractivity contribution in [3.05, 3.63) is 0 Å². The van der Waals surface area contributed by atoms with Crippen LogP contribution in [-0.2, 0) is 4.79 Å². The molecule has 0 N–H and O–H groups in total. The molecule has 0 saturated heterocycles. The molecule has 0 bridgehead atoms. The number of aldehydes is 1. The molecule has 0 aliphatic carbocycles. The van der Waals surface area contributed by atoms with E-state index in [4.69, 9.17) is 40.1 Å². The van der Waals surface area contributed by atoms with Crippen LogP contribution >= 0.6 is 34.8 Å². The van der Waals surface area contributed by atoms with E-state index in [0.29, 0.717) is 6.29 Å². The van der Waals surface area contributed by atoms with Crippen molar-refractivity contribution in [3.8, 4) is 6.07 Å². The van der Waals surface area contributed by atoms with Gasteiger partial charge < -0.3 is 4.79 Å². The predicted molar refractivity (Wildman–Crippen MR) is 40.4 cm³/mol. The molecular formula is C5H4Cl3NO. The van der Waals surface area contributed by atoms with Crippen molar-refractivity contribution in [2.24, 2.45) is 0 Å². The van der Waals surface area contributed by atoms with Gasteiger partial charge in [0.1, 0.15) is 12.4 Å². The molecule has 0 fully saturated rings. The lowest BCUT2D eigenvalue weighted by Gasteiger charge is -2.13. The quantitative estimate of drug-likeness (QED) is 0.515. The highest BCUT2D eigenvalue weighted by Gasteiger charge is 2.32. The summed E-state index contributed by atoms with van der Waals surface area (Å²) in [6.45, 7) is 0. The van der Waals surface area contributed by atoms with Gasteiger partial charge in [-0.15, -0.1) is 11.6 Å². The normalized spacial score (nSPS) is 13.8. The molecule has 0 spiro atoms.